The SMILES string of the molecule is O=C(O)c1ccc2[nH]cc(CCCCC3NCC=CC3c3ccccc3)c2c1. The zero-order valence-electron chi connectivity index (χ0n) is 15.9. The average molecular weight is 374 g/mol. The molecule has 0 aliphatic carbocycles. The normalized spacial score (nSPS) is 19.1. The maximum Gasteiger partial charge on any atom is 0.335 e. The summed E-state index contributed by atoms with van der Waals surface area (Å²) >= 11 is 0. The number of aromatic amines is 1. The van der Waals surface area contributed by atoms with Crippen LogP contribution in [-0.2, 0) is 6.42 Å². The Hall–Kier alpha value is -2.85. The van der Waals surface area contributed by atoms with Crippen LogP contribution < -0.4 is 5.32 Å². The number of fused-ring (bicyclic) bond motifs is 1. The number of carbonyl (C=O) groups is 1. The van der Waals surface area contributed by atoms with E-state index in [1.165, 1.54) is 11.1 Å². The summed E-state index contributed by atoms with van der Waals surface area (Å²) in [5, 5.41) is 13.9. The van der Waals surface area contributed by atoms with Crippen LogP contribution >= 0.6 is 0 Å². The average Bonchev–Trinajstić information content (AvgIpc) is 3.14. The van der Waals surface area contributed by atoms with Crippen molar-refractivity contribution in [3.8, 4) is 0 Å². The van der Waals surface area contributed by atoms with Gasteiger partial charge in [-0.05, 0) is 48.6 Å². The fourth-order valence-corrected chi connectivity index (χ4v) is 4.19. The van der Waals surface area contributed by atoms with Crippen molar-refractivity contribution in [1.82, 2.24) is 10.3 Å². The summed E-state index contributed by atoms with van der Waals surface area (Å²) in [5.74, 6) is -0.446. The van der Waals surface area contributed by atoms with Gasteiger partial charge < -0.3 is 15.4 Å². The van der Waals surface area contributed by atoms with Crippen molar-refractivity contribution in [2.45, 2.75) is 37.6 Å². The lowest BCUT2D eigenvalue weighted by Gasteiger charge is -2.29. The van der Waals surface area contributed by atoms with Crippen LogP contribution in [0.2, 0.25) is 0 Å². The first-order chi connectivity index (χ1) is 13.7. The molecule has 2 atom stereocenters. The third-order valence-electron chi connectivity index (χ3n) is 5.68. The highest BCUT2D eigenvalue weighted by Crippen LogP contribution is 2.27. The molecule has 0 radical (unpaired) electrons. The molecule has 2 heterocycles. The Kier molecular flexibility index (Phi) is 5.58. The number of hydrogen-bond donors (Lipinski definition) is 3. The van der Waals surface area contributed by atoms with Crippen molar-refractivity contribution < 1.29 is 9.90 Å². The van der Waals surface area contributed by atoms with E-state index in [2.05, 4.69) is 52.8 Å². The second-order valence-corrected chi connectivity index (χ2v) is 7.50. The molecule has 144 valence electrons. The Morgan fingerprint density at radius 2 is 1.96 bits per heavy atom. The molecule has 2 unspecified atom stereocenters. The third-order valence-corrected chi connectivity index (χ3v) is 5.68. The molecule has 1 aromatic heterocycles. The summed E-state index contributed by atoms with van der Waals surface area (Å²) in [4.78, 5) is 14.5. The van der Waals surface area contributed by atoms with E-state index >= 15 is 0 Å². The van der Waals surface area contributed by atoms with Crippen molar-refractivity contribution in [2.24, 2.45) is 0 Å². The van der Waals surface area contributed by atoms with Gasteiger partial charge in [0.15, 0.2) is 0 Å². The molecule has 0 saturated carbocycles. The van der Waals surface area contributed by atoms with Crippen molar-refractivity contribution >= 4 is 16.9 Å². The molecule has 3 N–H and O–H groups in total. The molecule has 0 amide bonds. The molecule has 0 spiro atoms. The second kappa shape index (κ2) is 8.44. The molecule has 0 bridgehead atoms. The number of H-pyrrole nitrogens is 1. The first-order valence-corrected chi connectivity index (χ1v) is 10.0. The van der Waals surface area contributed by atoms with E-state index < -0.39 is 5.97 Å². The summed E-state index contributed by atoms with van der Waals surface area (Å²) in [6.45, 7) is 0.939. The topological polar surface area (TPSA) is 65.1 Å². The van der Waals surface area contributed by atoms with Crippen LogP contribution in [0.4, 0.5) is 0 Å². The number of aromatic carboxylic acids is 1. The van der Waals surface area contributed by atoms with E-state index in [0.717, 1.165) is 43.1 Å². The van der Waals surface area contributed by atoms with Crippen LogP contribution in [0.3, 0.4) is 0 Å². The number of hydrogen-bond acceptors (Lipinski definition) is 2. The molecule has 1 aliphatic rings. The zero-order chi connectivity index (χ0) is 19.3. The number of unbranched alkanes of at least 4 members (excludes halogenated alkanes) is 1. The van der Waals surface area contributed by atoms with Gasteiger partial charge in [-0.3, -0.25) is 0 Å². The number of aryl methyl sites for hydroxylation is 1. The Labute approximate surface area is 165 Å². The fraction of sp³-hybridized carbons (Fsp3) is 0.292. The fourth-order valence-electron chi connectivity index (χ4n) is 4.19. The predicted molar refractivity (Wildman–Crippen MR) is 113 cm³/mol. The molecular formula is C24H26N2O2. The maximum absolute atomic E-state index is 11.2. The van der Waals surface area contributed by atoms with E-state index in [4.69, 9.17) is 0 Å². The number of benzene rings is 2. The van der Waals surface area contributed by atoms with Gasteiger partial charge in [-0.15, -0.1) is 0 Å². The van der Waals surface area contributed by atoms with Crippen LogP contribution in [0.5, 0.6) is 0 Å². The van der Waals surface area contributed by atoms with Crippen molar-refractivity contribution in [2.75, 3.05) is 6.54 Å². The smallest absolute Gasteiger partial charge is 0.335 e. The van der Waals surface area contributed by atoms with Gasteiger partial charge in [0.25, 0.3) is 0 Å². The highest BCUT2D eigenvalue weighted by Gasteiger charge is 2.22. The minimum Gasteiger partial charge on any atom is -0.478 e. The zero-order valence-corrected chi connectivity index (χ0v) is 15.9. The second-order valence-electron chi connectivity index (χ2n) is 7.50. The predicted octanol–water partition coefficient (Wildman–Crippen LogP) is 4.89. The van der Waals surface area contributed by atoms with Gasteiger partial charge in [-0.2, -0.15) is 0 Å². The number of carboxylic acids is 1. The van der Waals surface area contributed by atoms with E-state index in [1.54, 1.807) is 12.1 Å². The Morgan fingerprint density at radius 1 is 1.11 bits per heavy atom. The monoisotopic (exact) mass is 374 g/mol. The van der Waals surface area contributed by atoms with Gasteiger partial charge in [-0.1, -0.05) is 48.9 Å². The minimum atomic E-state index is -0.877. The Morgan fingerprint density at radius 3 is 2.79 bits per heavy atom. The van der Waals surface area contributed by atoms with Gasteiger partial charge in [0.05, 0.1) is 5.56 Å². The number of aromatic nitrogens is 1. The minimum absolute atomic E-state index is 0.345. The molecule has 4 rings (SSSR count). The highest BCUT2D eigenvalue weighted by molar-refractivity contribution is 5.94. The lowest BCUT2D eigenvalue weighted by Crippen LogP contribution is -2.37. The first-order valence-electron chi connectivity index (χ1n) is 10.0. The van der Waals surface area contributed by atoms with Crippen LogP contribution in [0, 0.1) is 0 Å². The van der Waals surface area contributed by atoms with Crippen molar-refractivity contribution in [3.05, 3.63) is 83.6 Å². The van der Waals surface area contributed by atoms with Gasteiger partial charge in [0, 0.05) is 35.6 Å². The maximum atomic E-state index is 11.2. The van der Waals surface area contributed by atoms with Crippen molar-refractivity contribution in [3.63, 3.8) is 0 Å². The van der Waals surface area contributed by atoms with Gasteiger partial charge in [0.1, 0.15) is 0 Å². The summed E-state index contributed by atoms with van der Waals surface area (Å²) < 4.78 is 0. The highest BCUT2D eigenvalue weighted by atomic mass is 16.4. The van der Waals surface area contributed by atoms with E-state index in [9.17, 15) is 9.90 Å². The quantitative estimate of drug-likeness (QED) is 0.407. The van der Waals surface area contributed by atoms with Gasteiger partial charge in [-0.25, -0.2) is 4.79 Å². The lowest BCUT2D eigenvalue weighted by molar-refractivity contribution is 0.0697. The van der Waals surface area contributed by atoms with Crippen LogP contribution in [0.25, 0.3) is 10.9 Å². The molecule has 0 saturated heterocycles. The van der Waals surface area contributed by atoms with E-state index in [-0.39, 0.29) is 0 Å². The molecule has 0 fully saturated rings. The van der Waals surface area contributed by atoms with Crippen LogP contribution in [0.15, 0.2) is 66.9 Å². The van der Waals surface area contributed by atoms with Gasteiger partial charge in [0.2, 0.25) is 0 Å². The van der Waals surface area contributed by atoms with E-state index in [0.29, 0.717) is 17.5 Å². The summed E-state index contributed by atoms with van der Waals surface area (Å²) in [6.07, 6.45) is 10.9. The first kappa shape index (κ1) is 18.5. The van der Waals surface area contributed by atoms with Gasteiger partial charge >= 0.3 is 5.97 Å². The van der Waals surface area contributed by atoms with E-state index in [1.807, 2.05) is 12.3 Å². The van der Waals surface area contributed by atoms with Crippen LogP contribution in [0.1, 0.15) is 46.7 Å². The standard InChI is InChI=1S/C24H26N2O2/c27-24(28)18-12-13-23-21(15-18)19(16-26-23)9-4-5-11-22-20(10-6-14-25-22)17-7-2-1-3-8-17/h1-3,6-8,10,12-13,15-16,20,22,25-26H,4-5,9,11,14H2,(H,27,28). The lowest BCUT2D eigenvalue weighted by atomic mass is 9.86. The molecule has 1 aliphatic heterocycles. The number of carboxylic acid groups (broad SMARTS) is 1. The Bertz CT molecular complexity index is 975. The molecule has 3 aromatic rings. The van der Waals surface area contributed by atoms with Crippen molar-refractivity contribution in [1.29, 1.82) is 0 Å². The summed E-state index contributed by atoms with van der Waals surface area (Å²) in [5.41, 5.74) is 3.92. The molecule has 28 heavy (non-hydrogen) atoms. The largest absolute Gasteiger partial charge is 0.478 e. The molecular weight excluding hydrogens is 348 g/mol. The third kappa shape index (κ3) is 4.02. The molecule has 2 aromatic carbocycles. The molecule has 4 heteroatoms. The number of rotatable bonds is 7. The van der Waals surface area contributed by atoms with Crippen LogP contribution in [-0.4, -0.2) is 28.6 Å². The summed E-state index contributed by atoms with van der Waals surface area (Å²) in [7, 11) is 0. The molecule has 4 nitrogen and oxygen atoms in total. The summed E-state index contributed by atoms with van der Waals surface area (Å²) in [6, 6.07) is 16.4. The number of nitrogens with one attached hydrogen (secondary N) is 2. The Balaban J connectivity index is 1.36.